The highest BCUT2D eigenvalue weighted by Crippen LogP contribution is 2.44. The van der Waals surface area contributed by atoms with Gasteiger partial charge in [0.25, 0.3) is 0 Å². The fourth-order valence-electron chi connectivity index (χ4n) is 8.69. The van der Waals surface area contributed by atoms with Crippen LogP contribution < -0.4 is 0 Å². The van der Waals surface area contributed by atoms with E-state index in [-0.39, 0.29) is 0 Å². The van der Waals surface area contributed by atoms with Gasteiger partial charge >= 0.3 is 0 Å². The maximum atomic E-state index is 2.46. The summed E-state index contributed by atoms with van der Waals surface area (Å²) >= 11 is 0. The van der Waals surface area contributed by atoms with E-state index in [0.717, 1.165) is 5.69 Å². The highest BCUT2D eigenvalue weighted by Gasteiger charge is 2.21. The Kier molecular flexibility index (Phi) is 6.90. The van der Waals surface area contributed by atoms with E-state index in [2.05, 4.69) is 215 Å². The van der Waals surface area contributed by atoms with E-state index in [1.807, 2.05) is 0 Å². The molecule has 0 fully saturated rings. The van der Waals surface area contributed by atoms with Crippen LogP contribution in [0.2, 0.25) is 0 Å². The minimum absolute atomic E-state index is 1.14. The molecular formula is C52H34N2. The van der Waals surface area contributed by atoms with Crippen LogP contribution in [0.3, 0.4) is 0 Å². The first-order valence-corrected chi connectivity index (χ1v) is 18.6. The molecule has 0 spiro atoms. The lowest BCUT2D eigenvalue weighted by Gasteiger charge is -2.14. The van der Waals surface area contributed by atoms with Gasteiger partial charge in [-0.3, -0.25) is 0 Å². The summed E-state index contributed by atoms with van der Waals surface area (Å²) in [6.45, 7) is 0. The maximum Gasteiger partial charge on any atom is 0.0547 e. The van der Waals surface area contributed by atoms with Crippen LogP contribution in [0.15, 0.2) is 206 Å². The van der Waals surface area contributed by atoms with Crippen molar-refractivity contribution in [3.8, 4) is 44.8 Å². The Morgan fingerprint density at radius 1 is 0.259 bits per heavy atom. The molecule has 2 nitrogen and oxygen atoms in total. The van der Waals surface area contributed by atoms with Crippen molar-refractivity contribution in [1.29, 1.82) is 0 Å². The molecule has 2 aromatic heterocycles. The molecule has 0 N–H and O–H groups in total. The number of rotatable bonds is 5. The van der Waals surface area contributed by atoms with Gasteiger partial charge in [0.05, 0.1) is 22.1 Å². The minimum Gasteiger partial charge on any atom is -0.309 e. The number of para-hydroxylation sites is 2. The maximum absolute atomic E-state index is 2.46. The van der Waals surface area contributed by atoms with Crippen molar-refractivity contribution in [3.05, 3.63) is 206 Å². The molecule has 11 aromatic rings. The molecule has 0 bridgehead atoms. The smallest absolute Gasteiger partial charge is 0.0547 e. The fraction of sp³-hybridized carbons (Fsp3) is 0. The van der Waals surface area contributed by atoms with Gasteiger partial charge in [0.15, 0.2) is 0 Å². The molecule has 252 valence electrons. The van der Waals surface area contributed by atoms with Crippen molar-refractivity contribution in [2.75, 3.05) is 0 Å². The summed E-state index contributed by atoms with van der Waals surface area (Å²) in [5.41, 5.74) is 14.4. The van der Waals surface area contributed by atoms with Crippen LogP contribution in [-0.2, 0) is 0 Å². The number of hydrogen-bond donors (Lipinski definition) is 0. The summed E-state index contributed by atoms with van der Waals surface area (Å²) in [6.07, 6.45) is 0. The first kappa shape index (κ1) is 30.5. The van der Waals surface area contributed by atoms with Crippen LogP contribution >= 0.6 is 0 Å². The summed E-state index contributed by atoms with van der Waals surface area (Å²) in [5.74, 6) is 0. The second kappa shape index (κ2) is 12.2. The summed E-state index contributed by atoms with van der Waals surface area (Å²) in [7, 11) is 0. The Bertz CT molecular complexity index is 3140. The molecule has 0 saturated carbocycles. The van der Waals surface area contributed by atoms with Crippen molar-refractivity contribution < 1.29 is 0 Å². The second-order valence-electron chi connectivity index (χ2n) is 14.1. The number of hydrogen-bond acceptors (Lipinski definition) is 0. The van der Waals surface area contributed by atoms with Gasteiger partial charge in [0.2, 0.25) is 0 Å². The third kappa shape index (κ3) is 4.74. The Hall–Kier alpha value is -7.16. The van der Waals surface area contributed by atoms with Crippen molar-refractivity contribution in [1.82, 2.24) is 9.13 Å². The molecule has 0 aliphatic heterocycles. The molecule has 0 atom stereocenters. The van der Waals surface area contributed by atoms with Crippen molar-refractivity contribution in [2.24, 2.45) is 0 Å². The zero-order valence-electron chi connectivity index (χ0n) is 29.5. The third-order valence-corrected chi connectivity index (χ3v) is 11.1. The molecule has 0 aliphatic carbocycles. The highest BCUT2D eigenvalue weighted by molar-refractivity contribution is 6.22. The van der Waals surface area contributed by atoms with Crippen LogP contribution in [0.1, 0.15) is 0 Å². The SMILES string of the molecule is c1ccc(-c2cc(-c3ccccc3)cc(-n3c4ccccc4c4c(-c5cccc6c5c5ccccc5n6-c5ccc6ccccc6c5)cccc43)c2)cc1. The van der Waals surface area contributed by atoms with E-state index in [4.69, 9.17) is 0 Å². The molecular weight excluding hydrogens is 653 g/mol. The van der Waals surface area contributed by atoms with E-state index in [0.29, 0.717) is 0 Å². The molecule has 0 unspecified atom stereocenters. The molecule has 2 heterocycles. The van der Waals surface area contributed by atoms with E-state index in [9.17, 15) is 0 Å². The molecule has 2 heteroatoms. The van der Waals surface area contributed by atoms with Gasteiger partial charge in [-0.1, -0.05) is 152 Å². The van der Waals surface area contributed by atoms with E-state index >= 15 is 0 Å². The number of fused-ring (bicyclic) bond motifs is 7. The quantitative estimate of drug-likeness (QED) is 0.171. The Morgan fingerprint density at radius 2 is 0.722 bits per heavy atom. The van der Waals surface area contributed by atoms with Crippen molar-refractivity contribution in [3.63, 3.8) is 0 Å². The lowest BCUT2D eigenvalue weighted by Crippen LogP contribution is -1.96. The first-order valence-electron chi connectivity index (χ1n) is 18.6. The highest BCUT2D eigenvalue weighted by atomic mass is 15.0. The Balaban J connectivity index is 1.19. The van der Waals surface area contributed by atoms with Crippen LogP contribution in [0.5, 0.6) is 0 Å². The molecule has 0 aliphatic rings. The van der Waals surface area contributed by atoms with Crippen LogP contribution in [-0.4, -0.2) is 9.13 Å². The van der Waals surface area contributed by atoms with E-state index < -0.39 is 0 Å². The minimum atomic E-state index is 1.14. The standard InChI is InChI=1S/C52H34N2/c1-3-15-35(16-4-1)39-31-40(36-17-5-2-6-18-36)34-42(33-39)54-48-26-12-10-22-46(48)52-44(24-14-28-50(52)54)43-23-13-27-49-51(43)45-21-9-11-25-47(45)53(49)41-30-29-37-19-7-8-20-38(37)32-41/h1-34H. The van der Waals surface area contributed by atoms with Gasteiger partial charge in [-0.05, 0) is 98.8 Å². The van der Waals surface area contributed by atoms with Gasteiger partial charge in [0.1, 0.15) is 0 Å². The average molecular weight is 687 g/mol. The van der Waals surface area contributed by atoms with Gasteiger partial charge in [-0.2, -0.15) is 0 Å². The number of aromatic nitrogens is 2. The average Bonchev–Trinajstić information content (AvgIpc) is 3.77. The van der Waals surface area contributed by atoms with Gasteiger partial charge in [-0.25, -0.2) is 0 Å². The Morgan fingerprint density at radius 3 is 1.30 bits per heavy atom. The molecule has 9 aromatic carbocycles. The molecule has 0 saturated heterocycles. The second-order valence-corrected chi connectivity index (χ2v) is 14.1. The zero-order valence-corrected chi connectivity index (χ0v) is 29.5. The summed E-state index contributed by atoms with van der Waals surface area (Å²) in [4.78, 5) is 0. The zero-order chi connectivity index (χ0) is 35.6. The first-order chi connectivity index (χ1) is 26.8. The normalized spacial score (nSPS) is 11.7. The van der Waals surface area contributed by atoms with Crippen LogP contribution in [0.25, 0.3) is 99.1 Å². The summed E-state index contributed by atoms with van der Waals surface area (Å²) in [6, 6.07) is 75.2. The van der Waals surface area contributed by atoms with Crippen LogP contribution in [0, 0.1) is 0 Å². The topological polar surface area (TPSA) is 9.86 Å². The van der Waals surface area contributed by atoms with E-state index in [1.54, 1.807) is 0 Å². The number of nitrogens with zero attached hydrogens (tertiary/aromatic N) is 2. The monoisotopic (exact) mass is 686 g/mol. The summed E-state index contributed by atoms with van der Waals surface area (Å²) in [5, 5.41) is 7.50. The predicted molar refractivity (Wildman–Crippen MR) is 229 cm³/mol. The fourth-order valence-corrected chi connectivity index (χ4v) is 8.69. The largest absolute Gasteiger partial charge is 0.309 e. The molecule has 11 rings (SSSR count). The Labute approximate surface area is 313 Å². The van der Waals surface area contributed by atoms with Crippen molar-refractivity contribution in [2.45, 2.75) is 0 Å². The van der Waals surface area contributed by atoms with Gasteiger partial charge in [0, 0.05) is 32.9 Å². The lowest BCUT2D eigenvalue weighted by molar-refractivity contribution is 1.18. The molecule has 54 heavy (non-hydrogen) atoms. The van der Waals surface area contributed by atoms with E-state index in [1.165, 1.54) is 93.5 Å². The molecule has 0 radical (unpaired) electrons. The van der Waals surface area contributed by atoms with Gasteiger partial charge < -0.3 is 9.13 Å². The van der Waals surface area contributed by atoms with Gasteiger partial charge in [-0.15, -0.1) is 0 Å². The number of benzene rings is 9. The van der Waals surface area contributed by atoms with Crippen molar-refractivity contribution >= 4 is 54.4 Å². The molecule has 0 amide bonds. The summed E-state index contributed by atoms with van der Waals surface area (Å²) < 4.78 is 4.90. The lowest BCUT2D eigenvalue weighted by atomic mass is 9.95. The predicted octanol–water partition coefficient (Wildman–Crippen LogP) is 14.0. The third-order valence-electron chi connectivity index (χ3n) is 11.1. The van der Waals surface area contributed by atoms with Crippen LogP contribution in [0.4, 0.5) is 0 Å².